The number of halogens is 3. The number of alkyl halides is 3. The summed E-state index contributed by atoms with van der Waals surface area (Å²) in [5.74, 6) is -1.64. The summed E-state index contributed by atoms with van der Waals surface area (Å²) in [4.78, 5) is 24.8. The van der Waals surface area contributed by atoms with E-state index in [1.807, 2.05) is 0 Å². The van der Waals surface area contributed by atoms with Crippen molar-refractivity contribution in [3.8, 4) is 0 Å². The van der Waals surface area contributed by atoms with Gasteiger partial charge in [-0.2, -0.15) is 18.3 Å². The molecule has 0 aliphatic carbocycles. The van der Waals surface area contributed by atoms with Crippen LogP contribution in [0.5, 0.6) is 0 Å². The Morgan fingerprint density at radius 3 is 2.50 bits per heavy atom. The minimum absolute atomic E-state index is 0.0115. The maximum Gasteiger partial charge on any atom is 0.433 e. The Kier molecular flexibility index (Phi) is 5.67. The zero-order valence-corrected chi connectivity index (χ0v) is 15.1. The molecule has 1 saturated heterocycles. The average molecular weight is 375 g/mol. The summed E-state index contributed by atoms with van der Waals surface area (Å²) < 4.78 is 41.6. The number of carboxylic acids is 1. The van der Waals surface area contributed by atoms with E-state index in [0.717, 1.165) is 17.3 Å². The third-order valence-electron chi connectivity index (χ3n) is 4.48. The van der Waals surface area contributed by atoms with Crippen LogP contribution in [0.25, 0.3) is 0 Å². The molecule has 0 aromatic carbocycles. The first-order valence-electron chi connectivity index (χ1n) is 8.58. The number of aromatic nitrogens is 2. The molecule has 146 valence electrons. The smallest absolute Gasteiger partial charge is 0.433 e. The number of amides is 1. The number of likely N-dealkylation sites (tertiary alicyclic amines) is 1. The molecule has 1 N–H and O–H groups in total. The van der Waals surface area contributed by atoms with Crippen molar-refractivity contribution in [3.05, 3.63) is 17.5 Å². The highest BCUT2D eigenvalue weighted by atomic mass is 19.4. The van der Waals surface area contributed by atoms with Crippen molar-refractivity contribution in [1.29, 1.82) is 0 Å². The van der Waals surface area contributed by atoms with Crippen LogP contribution < -0.4 is 0 Å². The number of aliphatic carboxylic acids is 1. The molecule has 0 radical (unpaired) electrons. The van der Waals surface area contributed by atoms with Gasteiger partial charge in [-0.15, -0.1) is 0 Å². The van der Waals surface area contributed by atoms with Gasteiger partial charge >= 0.3 is 12.1 Å². The minimum Gasteiger partial charge on any atom is -0.481 e. The van der Waals surface area contributed by atoms with E-state index in [1.165, 1.54) is 4.90 Å². The molecule has 1 aliphatic rings. The lowest BCUT2D eigenvalue weighted by atomic mass is 9.93. The lowest BCUT2D eigenvalue weighted by Crippen LogP contribution is -2.41. The summed E-state index contributed by atoms with van der Waals surface area (Å²) in [6.07, 6.45) is -1.91. The van der Waals surface area contributed by atoms with Gasteiger partial charge in [0.05, 0.1) is 17.3 Å². The molecule has 26 heavy (non-hydrogen) atoms. The van der Waals surface area contributed by atoms with Gasteiger partial charge in [0.15, 0.2) is 5.69 Å². The first kappa shape index (κ1) is 20.3. The lowest BCUT2D eigenvalue weighted by molar-refractivity contribution is -0.146. The van der Waals surface area contributed by atoms with Crippen molar-refractivity contribution >= 4 is 11.9 Å². The molecule has 1 atom stereocenters. The standard InChI is InChI=1S/C17H24F3N3O3/c1-16(2,3)23-14(17(18,19)20)12(9-21-23)15(26)22-8-4-5-11(10-22)6-7-13(24)25/h9,11H,4-8,10H2,1-3H3,(H,24,25). The van der Waals surface area contributed by atoms with Crippen LogP contribution in [0.3, 0.4) is 0 Å². The molecule has 6 nitrogen and oxygen atoms in total. The Labute approximate surface area is 150 Å². The third kappa shape index (κ3) is 4.56. The molecular formula is C17H24F3N3O3. The van der Waals surface area contributed by atoms with Gasteiger partial charge in [0.1, 0.15) is 0 Å². The molecular weight excluding hydrogens is 351 g/mol. The van der Waals surface area contributed by atoms with Crippen LogP contribution in [-0.2, 0) is 16.5 Å². The Morgan fingerprint density at radius 1 is 1.31 bits per heavy atom. The molecule has 1 fully saturated rings. The van der Waals surface area contributed by atoms with Gasteiger partial charge in [-0.25, -0.2) is 0 Å². The van der Waals surface area contributed by atoms with E-state index >= 15 is 0 Å². The van der Waals surface area contributed by atoms with Gasteiger partial charge < -0.3 is 10.0 Å². The van der Waals surface area contributed by atoms with Gasteiger partial charge in [0.2, 0.25) is 0 Å². The number of rotatable bonds is 4. The Bertz CT molecular complexity index is 677. The molecule has 0 bridgehead atoms. The van der Waals surface area contributed by atoms with Crippen molar-refractivity contribution < 1.29 is 27.9 Å². The fourth-order valence-electron chi connectivity index (χ4n) is 3.27. The third-order valence-corrected chi connectivity index (χ3v) is 4.48. The Morgan fingerprint density at radius 2 is 1.96 bits per heavy atom. The number of carbonyl (C=O) groups excluding carboxylic acids is 1. The second-order valence-corrected chi connectivity index (χ2v) is 7.68. The summed E-state index contributed by atoms with van der Waals surface area (Å²) in [5.41, 5.74) is -2.41. The van der Waals surface area contributed by atoms with Gasteiger partial charge in [-0.3, -0.25) is 14.3 Å². The first-order valence-corrected chi connectivity index (χ1v) is 8.58. The lowest BCUT2D eigenvalue weighted by Gasteiger charge is -2.33. The Balaban J connectivity index is 2.26. The van der Waals surface area contributed by atoms with Gasteiger partial charge in [0, 0.05) is 19.5 Å². The average Bonchev–Trinajstić information content (AvgIpc) is 2.98. The van der Waals surface area contributed by atoms with E-state index in [-0.39, 0.29) is 18.9 Å². The number of carboxylic acid groups (broad SMARTS) is 1. The quantitative estimate of drug-likeness (QED) is 0.875. The molecule has 1 aromatic rings. The number of piperidine rings is 1. The van der Waals surface area contributed by atoms with E-state index in [1.54, 1.807) is 20.8 Å². The zero-order chi connectivity index (χ0) is 19.7. The fraction of sp³-hybridized carbons (Fsp3) is 0.706. The summed E-state index contributed by atoms with van der Waals surface area (Å²) in [6.45, 7) is 5.40. The molecule has 1 unspecified atom stereocenters. The van der Waals surface area contributed by atoms with Gasteiger partial charge in [-0.1, -0.05) is 0 Å². The first-order chi connectivity index (χ1) is 11.9. The highest BCUT2D eigenvalue weighted by Gasteiger charge is 2.43. The zero-order valence-electron chi connectivity index (χ0n) is 15.1. The maximum absolute atomic E-state index is 13.6. The molecule has 9 heteroatoms. The maximum atomic E-state index is 13.6. The normalized spacial score (nSPS) is 18.8. The van der Waals surface area contributed by atoms with E-state index in [2.05, 4.69) is 5.10 Å². The molecule has 0 saturated carbocycles. The van der Waals surface area contributed by atoms with Crippen LogP contribution >= 0.6 is 0 Å². The Hall–Kier alpha value is -2.06. The van der Waals surface area contributed by atoms with E-state index < -0.39 is 34.8 Å². The van der Waals surface area contributed by atoms with Crippen molar-refractivity contribution in [1.82, 2.24) is 14.7 Å². The highest BCUT2D eigenvalue weighted by Crippen LogP contribution is 2.36. The van der Waals surface area contributed by atoms with Crippen LogP contribution in [0, 0.1) is 5.92 Å². The summed E-state index contributed by atoms with van der Waals surface area (Å²) in [6, 6.07) is 0. The summed E-state index contributed by atoms with van der Waals surface area (Å²) in [7, 11) is 0. The second kappa shape index (κ2) is 7.28. The van der Waals surface area contributed by atoms with Crippen LogP contribution in [0.15, 0.2) is 6.20 Å². The summed E-state index contributed by atoms with van der Waals surface area (Å²) in [5, 5.41) is 12.6. The molecule has 2 rings (SSSR count). The van der Waals surface area contributed by atoms with Crippen molar-refractivity contribution in [2.45, 2.75) is 58.2 Å². The number of carbonyl (C=O) groups is 2. The van der Waals surface area contributed by atoms with Crippen LogP contribution in [0.4, 0.5) is 13.2 Å². The molecule has 0 spiro atoms. The number of hydrogen-bond donors (Lipinski definition) is 1. The van der Waals surface area contributed by atoms with Crippen LogP contribution in [-0.4, -0.2) is 44.8 Å². The fourth-order valence-corrected chi connectivity index (χ4v) is 3.27. The second-order valence-electron chi connectivity index (χ2n) is 7.68. The molecule has 2 heterocycles. The topological polar surface area (TPSA) is 75.4 Å². The monoisotopic (exact) mass is 375 g/mol. The van der Waals surface area contributed by atoms with E-state index in [4.69, 9.17) is 5.11 Å². The molecule has 1 amide bonds. The predicted molar refractivity (Wildman–Crippen MR) is 87.7 cm³/mol. The number of nitrogens with zero attached hydrogens (tertiary/aromatic N) is 3. The summed E-state index contributed by atoms with van der Waals surface area (Å²) >= 11 is 0. The molecule has 1 aliphatic heterocycles. The highest BCUT2D eigenvalue weighted by molar-refractivity contribution is 5.95. The van der Waals surface area contributed by atoms with E-state index in [9.17, 15) is 22.8 Å². The van der Waals surface area contributed by atoms with Gasteiger partial charge in [-0.05, 0) is 46.0 Å². The SMILES string of the molecule is CC(C)(C)n1ncc(C(=O)N2CCCC(CCC(=O)O)C2)c1C(F)(F)F. The predicted octanol–water partition coefficient (Wildman–Crippen LogP) is 3.37. The van der Waals surface area contributed by atoms with Crippen molar-refractivity contribution in [2.75, 3.05) is 13.1 Å². The number of hydrogen-bond acceptors (Lipinski definition) is 3. The van der Waals surface area contributed by atoms with Gasteiger partial charge in [0.25, 0.3) is 5.91 Å². The minimum atomic E-state index is -4.70. The van der Waals surface area contributed by atoms with Crippen molar-refractivity contribution in [3.63, 3.8) is 0 Å². The van der Waals surface area contributed by atoms with Crippen LogP contribution in [0.2, 0.25) is 0 Å². The van der Waals surface area contributed by atoms with Crippen molar-refractivity contribution in [2.24, 2.45) is 5.92 Å². The molecule has 1 aromatic heterocycles. The largest absolute Gasteiger partial charge is 0.481 e. The van der Waals surface area contributed by atoms with E-state index in [0.29, 0.717) is 19.4 Å². The van der Waals surface area contributed by atoms with Crippen LogP contribution in [0.1, 0.15) is 62.5 Å².